The first-order valence-corrected chi connectivity index (χ1v) is 11.3. The van der Waals surface area contributed by atoms with E-state index in [2.05, 4.69) is 33.3 Å². The van der Waals surface area contributed by atoms with Crippen LogP contribution in [0.3, 0.4) is 0 Å². The van der Waals surface area contributed by atoms with Crippen molar-refractivity contribution in [3.05, 3.63) is 70.5 Å². The van der Waals surface area contributed by atoms with Gasteiger partial charge in [-0.1, -0.05) is 23.7 Å². The van der Waals surface area contributed by atoms with Crippen molar-refractivity contribution in [2.45, 2.75) is 19.9 Å². The Morgan fingerprint density at radius 2 is 1.84 bits per heavy atom. The number of hydrogen-bond acceptors (Lipinski definition) is 4. The van der Waals surface area contributed by atoms with Gasteiger partial charge in [-0.3, -0.25) is 9.48 Å². The van der Waals surface area contributed by atoms with Crippen LogP contribution >= 0.6 is 11.6 Å². The summed E-state index contributed by atoms with van der Waals surface area (Å²) in [5.74, 6) is -0.0659. The molecule has 2 aromatic carbocycles. The van der Waals surface area contributed by atoms with Crippen LogP contribution in [0.4, 0.5) is 5.69 Å². The Balaban J connectivity index is 1.52. The quantitative estimate of drug-likeness (QED) is 0.628. The molecule has 0 saturated carbocycles. The van der Waals surface area contributed by atoms with Gasteiger partial charge >= 0.3 is 0 Å². The molecule has 1 atom stereocenters. The van der Waals surface area contributed by atoms with E-state index in [4.69, 9.17) is 11.6 Å². The van der Waals surface area contributed by atoms with E-state index >= 15 is 0 Å². The Morgan fingerprint density at radius 3 is 2.53 bits per heavy atom. The zero-order valence-electron chi connectivity index (χ0n) is 19.1. The predicted octanol–water partition coefficient (Wildman–Crippen LogP) is 4.29. The van der Waals surface area contributed by atoms with Gasteiger partial charge < -0.3 is 15.1 Å². The second kappa shape index (κ2) is 9.35. The van der Waals surface area contributed by atoms with E-state index < -0.39 is 0 Å². The van der Waals surface area contributed by atoms with Crippen molar-refractivity contribution >= 4 is 23.2 Å². The Morgan fingerprint density at radius 1 is 1.09 bits per heavy atom. The number of benzene rings is 2. The first-order valence-electron chi connectivity index (χ1n) is 11.0. The summed E-state index contributed by atoms with van der Waals surface area (Å²) >= 11 is 6.44. The fourth-order valence-corrected chi connectivity index (χ4v) is 4.29. The van der Waals surface area contributed by atoms with Crippen molar-refractivity contribution in [3.63, 3.8) is 0 Å². The van der Waals surface area contributed by atoms with Gasteiger partial charge in [-0.15, -0.1) is 0 Å². The van der Waals surface area contributed by atoms with Crippen LogP contribution in [0.1, 0.15) is 34.5 Å². The molecule has 0 aliphatic carbocycles. The van der Waals surface area contributed by atoms with Crippen molar-refractivity contribution in [1.29, 1.82) is 0 Å². The molecule has 1 aliphatic heterocycles. The molecule has 7 heteroatoms. The van der Waals surface area contributed by atoms with E-state index in [1.54, 1.807) is 10.9 Å². The lowest BCUT2D eigenvalue weighted by atomic mass is 10.0. The summed E-state index contributed by atoms with van der Waals surface area (Å²) in [7, 11) is 4.02. The third-order valence-electron chi connectivity index (χ3n) is 6.19. The predicted molar refractivity (Wildman–Crippen MR) is 130 cm³/mol. The van der Waals surface area contributed by atoms with Crippen LogP contribution in [-0.2, 0) is 7.05 Å². The van der Waals surface area contributed by atoms with Gasteiger partial charge in [-0.2, -0.15) is 5.10 Å². The molecule has 4 rings (SSSR count). The van der Waals surface area contributed by atoms with Crippen LogP contribution in [0.25, 0.3) is 11.1 Å². The summed E-state index contributed by atoms with van der Waals surface area (Å²) in [6.45, 7) is 7.98. The van der Waals surface area contributed by atoms with E-state index in [0.717, 1.165) is 59.7 Å². The van der Waals surface area contributed by atoms with Crippen LogP contribution in [-0.4, -0.2) is 53.8 Å². The number of hydrogen-bond donors (Lipinski definition) is 1. The third kappa shape index (κ3) is 4.81. The highest BCUT2D eigenvalue weighted by Crippen LogP contribution is 2.30. The van der Waals surface area contributed by atoms with Crippen LogP contribution in [0, 0.1) is 6.92 Å². The van der Waals surface area contributed by atoms with Crippen LogP contribution in [0.5, 0.6) is 0 Å². The number of carbonyl (C=O) groups is 1. The first kappa shape index (κ1) is 22.4. The van der Waals surface area contributed by atoms with Crippen LogP contribution in [0.2, 0.25) is 5.02 Å². The SMILES string of the molecule is Cc1ccc(N2CCN(C)CC2)cc1C(=O)N[C@H](C)c1ccc(Cl)c(-c2cnn(C)c2)c1. The molecular formula is C25H30ClN5O. The summed E-state index contributed by atoms with van der Waals surface area (Å²) < 4.78 is 1.75. The highest BCUT2D eigenvalue weighted by molar-refractivity contribution is 6.33. The Hall–Kier alpha value is -2.83. The van der Waals surface area contributed by atoms with Gasteiger partial charge in [-0.05, 0) is 56.3 Å². The van der Waals surface area contributed by atoms with Gasteiger partial charge in [0.15, 0.2) is 0 Å². The lowest BCUT2D eigenvalue weighted by Crippen LogP contribution is -2.44. The lowest BCUT2D eigenvalue weighted by Gasteiger charge is -2.34. The van der Waals surface area contributed by atoms with Crippen LogP contribution in [0.15, 0.2) is 48.8 Å². The Labute approximate surface area is 194 Å². The molecule has 2 heterocycles. The highest BCUT2D eigenvalue weighted by atomic mass is 35.5. The number of piperazine rings is 1. The largest absolute Gasteiger partial charge is 0.369 e. The molecule has 1 fully saturated rings. The van der Waals surface area contributed by atoms with Gasteiger partial charge in [0.05, 0.1) is 12.2 Å². The Kier molecular flexibility index (Phi) is 6.53. The van der Waals surface area contributed by atoms with Gasteiger partial charge in [0.1, 0.15) is 0 Å². The number of nitrogens with one attached hydrogen (secondary N) is 1. The van der Waals surface area contributed by atoms with Gasteiger partial charge in [0, 0.05) is 66.8 Å². The minimum Gasteiger partial charge on any atom is -0.369 e. The molecule has 1 saturated heterocycles. The number of halogens is 1. The van der Waals surface area contributed by atoms with E-state index in [1.165, 1.54) is 0 Å². The summed E-state index contributed by atoms with van der Waals surface area (Å²) in [6, 6.07) is 11.9. The number of nitrogens with zero attached hydrogens (tertiary/aromatic N) is 4. The fraction of sp³-hybridized carbons (Fsp3) is 0.360. The molecule has 0 bridgehead atoms. The van der Waals surface area contributed by atoms with Gasteiger partial charge in [0.2, 0.25) is 0 Å². The molecule has 1 aromatic heterocycles. The fourth-order valence-electron chi connectivity index (χ4n) is 4.07. The van der Waals surface area contributed by atoms with E-state index in [1.807, 2.05) is 57.4 Å². The van der Waals surface area contributed by atoms with Crippen molar-refractivity contribution in [3.8, 4) is 11.1 Å². The standard InChI is InChI=1S/C25H30ClN5O/c1-17-5-7-21(31-11-9-29(3)10-12-31)14-22(17)25(32)28-18(2)19-6-8-24(26)23(13-19)20-15-27-30(4)16-20/h5-8,13-16,18H,9-12H2,1-4H3,(H,28,32)/t18-/m1/s1. The normalized spacial score (nSPS) is 15.6. The monoisotopic (exact) mass is 451 g/mol. The average molecular weight is 452 g/mol. The topological polar surface area (TPSA) is 53.4 Å². The van der Waals surface area contributed by atoms with Gasteiger partial charge in [-0.25, -0.2) is 0 Å². The first-order chi connectivity index (χ1) is 15.3. The van der Waals surface area contributed by atoms with Crippen molar-refractivity contribution in [1.82, 2.24) is 20.0 Å². The van der Waals surface area contributed by atoms with E-state index in [9.17, 15) is 4.79 Å². The minimum absolute atomic E-state index is 0.0659. The molecule has 1 amide bonds. The second-order valence-electron chi connectivity index (χ2n) is 8.63. The maximum absolute atomic E-state index is 13.2. The molecule has 1 N–H and O–H groups in total. The minimum atomic E-state index is -0.165. The summed E-state index contributed by atoms with van der Waals surface area (Å²) in [6.07, 6.45) is 3.73. The number of aromatic nitrogens is 2. The Bertz CT molecular complexity index is 1120. The summed E-state index contributed by atoms with van der Waals surface area (Å²) in [5.41, 5.74) is 5.65. The molecule has 3 aromatic rings. The number of likely N-dealkylation sites (N-methyl/N-ethyl adjacent to an activating group) is 1. The third-order valence-corrected chi connectivity index (χ3v) is 6.52. The number of amides is 1. The van der Waals surface area contributed by atoms with E-state index in [0.29, 0.717) is 5.02 Å². The van der Waals surface area contributed by atoms with Crippen molar-refractivity contribution < 1.29 is 4.79 Å². The maximum atomic E-state index is 13.2. The van der Waals surface area contributed by atoms with E-state index in [-0.39, 0.29) is 11.9 Å². The molecule has 0 spiro atoms. The molecule has 1 aliphatic rings. The molecule has 6 nitrogen and oxygen atoms in total. The smallest absolute Gasteiger partial charge is 0.252 e. The van der Waals surface area contributed by atoms with Gasteiger partial charge in [0.25, 0.3) is 5.91 Å². The van der Waals surface area contributed by atoms with Crippen LogP contribution < -0.4 is 10.2 Å². The average Bonchev–Trinajstić information content (AvgIpc) is 3.21. The second-order valence-corrected chi connectivity index (χ2v) is 9.03. The summed E-state index contributed by atoms with van der Waals surface area (Å²) in [4.78, 5) is 17.9. The molecule has 0 radical (unpaired) electrons. The van der Waals surface area contributed by atoms with Crippen molar-refractivity contribution in [2.24, 2.45) is 7.05 Å². The highest BCUT2D eigenvalue weighted by Gasteiger charge is 2.19. The number of carbonyl (C=O) groups excluding carboxylic acids is 1. The zero-order valence-corrected chi connectivity index (χ0v) is 19.9. The number of aryl methyl sites for hydroxylation is 2. The lowest BCUT2D eigenvalue weighted by molar-refractivity contribution is 0.0939. The molecular weight excluding hydrogens is 422 g/mol. The number of rotatable bonds is 5. The zero-order chi connectivity index (χ0) is 22.8. The van der Waals surface area contributed by atoms with Crippen molar-refractivity contribution in [2.75, 3.05) is 38.1 Å². The summed E-state index contributed by atoms with van der Waals surface area (Å²) in [5, 5.41) is 8.07. The molecule has 168 valence electrons. The number of anilines is 1. The molecule has 0 unspecified atom stereocenters. The maximum Gasteiger partial charge on any atom is 0.252 e. The molecule has 32 heavy (non-hydrogen) atoms.